The molecule has 0 saturated carbocycles. The van der Waals surface area contributed by atoms with Crippen LogP contribution in [0.3, 0.4) is 0 Å². The Balaban J connectivity index is 0.00000320. The summed E-state index contributed by atoms with van der Waals surface area (Å²) in [5, 5.41) is 5.41. The number of hydrogen-bond donors (Lipinski definition) is 0. The predicted octanol–water partition coefficient (Wildman–Crippen LogP) is 5.14. The van der Waals surface area contributed by atoms with Crippen LogP contribution >= 0.6 is 24.0 Å². The molecule has 9 heteroatoms. The first-order valence-corrected chi connectivity index (χ1v) is 12.4. The van der Waals surface area contributed by atoms with Crippen LogP contribution in [0.15, 0.2) is 79.0 Å². The number of rotatable bonds is 8. The van der Waals surface area contributed by atoms with Gasteiger partial charge in [-0.1, -0.05) is 48.0 Å². The van der Waals surface area contributed by atoms with Crippen molar-refractivity contribution in [2.24, 2.45) is 0 Å². The van der Waals surface area contributed by atoms with E-state index in [-0.39, 0.29) is 18.3 Å². The van der Waals surface area contributed by atoms with Crippen LogP contribution in [0.2, 0.25) is 5.02 Å². The number of hydrogen-bond acceptors (Lipinski definition) is 5. The van der Waals surface area contributed by atoms with Gasteiger partial charge < -0.3 is 4.74 Å². The van der Waals surface area contributed by atoms with Crippen molar-refractivity contribution < 1.29 is 9.53 Å². The molecule has 1 aliphatic heterocycles. The maximum atomic E-state index is 13.0. The van der Waals surface area contributed by atoms with Gasteiger partial charge in [0.25, 0.3) is 0 Å². The Hall–Kier alpha value is -3.39. The van der Waals surface area contributed by atoms with Gasteiger partial charge >= 0.3 is 0 Å². The molecule has 0 atom stereocenters. The summed E-state index contributed by atoms with van der Waals surface area (Å²) < 4.78 is 8.01. The molecule has 0 unspecified atom stereocenters. The molecule has 0 aliphatic carbocycles. The van der Waals surface area contributed by atoms with Crippen molar-refractivity contribution >= 4 is 35.7 Å². The van der Waals surface area contributed by atoms with Crippen molar-refractivity contribution in [2.75, 3.05) is 24.5 Å². The molecular weight excluding hydrogens is 509 g/mol. The topological polar surface area (TPSA) is 63.5 Å². The Bertz CT molecular complexity index is 1330. The summed E-state index contributed by atoms with van der Waals surface area (Å²) in [6, 6.07) is 23.5. The number of carbonyl (C=O) groups is 1. The molecule has 1 saturated heterocycles. The lowest BCUT2D eigenvalue weighted by Gasteiger charge is -2.32. The largest absolute Gasteiger partial charge is 0.489 e. The van der Waals surface area contributed by atoms with Gasteiger partial charge in [0.1, 0.15) is 12.4 Å². The Morgan fingerprint density at radius 1 is 0.973 bits per heavy atom. The van der Waals surface area contributed by atoms with Crippen LogP contribution in [0, 0.1) is 6.92 Å². The number of pyridine rings is 1. The minimum atomic E-state index is 0. The highest BCUT2D eigenvalue weighted by molar-refractivity contribution is 6.30. The summed E-state index contributed by atoms with van der Waals surface area (Å²) in [7, 11) is 0. The van der Waals surface area contributed by atoms with E-state index in [0.29, 0.717) is 43.6 Å². The fraction of sp³-hybridized carbons (Fsp3) is 0.250. The molecule has 37 heavy (non-hydrogen) atoms. The van der Waals surface area contributed by atoms with Crippen LogP contribution in [0.1, 0.15) is 22.5 Å². The standard InChI is InChI=1S/C28H28ClN5O2.ClH/c1-21-15-27(33-14-13-32(19-28(33)35)18-25-9-5-6-12-30-25)31-34(21)17-23-16-24(29)10-11-26(23)36-20-22-7-3-2-4-8-22;/h2-12,15-16H,13-14,17-20H2,1H3;1H. The van der Waals surface area contributed by atoms with Crippen molar-refractivity contribution in [3.63, 3.8) is 0 Å². The summed E-state index contributed by atoms with van der Waals surface area (Å²) in [5.41, 5.74) is 3.95. The summed E-state index contributed by atoms with van der Waals surface area (Å²) >= 11 is 6.31. The van der Waals surface area contributed by atoms with E-state index in [4.69, 9.17) is 21.4 Å². The number of piperazine rings is 1. The molecule has 5 rings (SSSR count). The molecule has 1 amide bonds. The first-order valence-electron chi connectivity index (χ1n) is 12.0. The van der Waals surface area contributed by atoms with Crippen LogP contribution in [0.25, 0.3) is 0 Å². The van der Waals surface area contributed by atoms with Gasteiger partial charge in [0.15, 0.2) is 5.82 Å². The molecule has 0 spiro atoms. The van der Waals surface area contributed by atoms with Crippen LogP contribution in [-0.2, 0) is 24.5 Å². The van der Waals surface area contributed by atoms with E-state index < -0.39 is 0 Å². The van der Waals surface area contributed by atoms with Crippen LogP contribution < -0.4 is 9.64 Å². The monoisotopic (exact) mass is 537 g/mol. The molecular formula is C28H29Cl2N5O2. The van der Waals surface area contributed by atoms with Gasteiger partial charge in [-0.2, -0.15) is 5.10 Å². The third-order valence-electron chi connectivity index (χ3n) is 6.24. The van der Waals surface area contributed by atoms with Gasteiger partial charge in [-0.25, -0.2) is 0 Å². The van der Waals surface area contributed by atoms with Crippen molar-refractivity contribution in [3.8, 4) is 5.75 Å². The quantitative estimate of drug-likeness (QED) is 0.311. The van der Waals surface area contributed by atoms with Crippen LogP contribution in [0.5, 0.6) is 5.75 Å². The molecule has 2 aromatic heterocycles. The number of benzene rings is 2. The third kappa shape index (κ3) is 6.68. The fourth-order valence-corrected chi connectivity index (χ4v) is 4.51. The van der Waals surface area contributed by atoms with Crippen molar-refractivity contribution in [3.05, 3.63) is 107 Å². The van der Waals surface area contributed by atoms with E-state index >= 15 is 0 Å². The number of aryl methyl sites for hydroxylation is 1. The minimum absolute atomic E-state index is 0. The zero-order valence-corrected chi connectivity index (χ0v) is 22.2. The number of halogens is 2. The summed E-state index contributed by atoms with van der Waals surface area (Å²) in [6.07, 6.45) is 1.78. The maximum Gasteiger partial charge on any atom is 0.242 e. The van der Waals surface area contributed by atoms with E-state index in [0.717, 1.165) is 34.8 Å². The average molecular weight is 538 g/mol. The lowest BCUT2D eigenvalue weighted by atomic mass is 10.2. The molecule has 192 valence electrons. The molecule has 1 aliphatic rings. The molecule has 0 radical (unpaired) electrons. The Morgan fingerprint density at radius 3 is 2.54 bits per heavy atom. The van der Waals surface area contributed by atoms with Crippen LogP contribution in [0.4, 0.5) is 5.82 Å². The molecule has 4 aromatic rings. The molecule has 2 aromatic carbocycles. The number of amides is 1. The number of carbonyl (C=O) groups excluding carboxylic acids is 1. The van der Waals surface area contributed by atoms with Gasteiger partial charge in [-0.3, -0.25) is 24.3 Å². The van der Waals surface area contributed by atoms with E-state index in [1.165, 1.54) is 0 Å². The highest BCUT2D eigenvalue weighted by Gasteiger charge is 2.27. The SMILES string of the molecule is Cc1cc(N2CCN(Cc3ccccn3)CC2=O)nn1Cc1cc(Cl)ccc1OCc1ccccc1.Cl. The first-order chi connectivity index (χ1) is 17.5. The molecule has 7 nitrogen and oxygen atoms in total. The summed E-state index contributed by atoms with van der Waals surface area (Å²) in [5.74, 6) is 1.47. The Morgan fingerprint density at radius 2 is 1.78 bits per heavy atom. The second-order valence-corrected chi connectivity index (χ2v) is 9.34. The molecule has 3 heterocycles. The third-order valence-corrected chi connectivity index (χ3v) is 6.47. The first kappa shape index (κ1) is 26.7. The molecule has 0 bridgehead atoms. The maximum absolute atomic E-state index is 13.0. The van der Waals surface area contributed by atoms with Gasteiger partial charge in [-0.15, -0.1) is 12.4 Å². The number of nitrogens with zero attached hydrogens (tertiary/aromatic N) is 5. The van der Waals surface area contributed by atoms with Crippen LogP contribution in [-0.4, -0.2) is 45.2 Å². The molecule has 0 N–H and O–H groups in total. The second kappa shape index (κ2) is 12.2. The van der Waals surface area contributed by atoms with E-state index in [1.807, 2.05) is 84.4 Å². The van der Waals surface area contributed by atoms with E-state index in [2.05, 4.69) is 9.88 Å². The van der Waals surface area contributed by atoms with Gasteiger partial charge in [0, 0.05) is 48.2 Å². The smallest absolute Gasteiger partial charge is 0.242 e. The van der Waals surface area contributed by atoms with Crippen molar-refractivity contribution in [1.29, 1.82) is 0 Å². The Labute approximate surface area is 228 Å². The zero-order valence-electron chi connectivity index (χ0n) is 20.6. The second-order valence-electron chi connectivity index (χ2n) is 8.90. The highest BCUT2D eigenvalue weighted by atomic mass is 35.5. The lowest BCUT2D eigenvalue weighted by molar-refractivity contribution is -0.121. The minimum Gasteiger partial charge on any atom is -0.489 e. The van der Waals surface area contributed by atoms with Gasteiger partial charge in [0.2, 0.25) is 5.91 Å². The average Bonchev–Trinajstić information content (AvgIpc) is 3.24. The number of ether oxygens (including phenoxy) is 1. The van der Waals surface area contributed by atoms with Crippen molar-refractivity contribution in [1.82, 2.24) is 19.7 Å². The fourth-order valence-electron chi connectivity index (χ4n) is 4.31. The number of anilines is 1. The van der Waals surface area contributed by atoms with Gasteiger partial charge in [-0.05, 0) is 42.8 Å². The van der Waals surface area contributed by atoms with E-state index in [1.54, 1.807) is 11.1 Å². The predicted molar refractivity (Wildman–Crippen MR) is 147 cm³/mol. The lowest BCUT2D eigenvalue weighted by Crippen LogP contribution is -2.50. The normalized spacial score (nSPS) is 13.9. The van der Waals surface area contributed by atoms with Gasteiger partial charge in [0.05, 0.1) is 18.8 Å². The highest BCUT2D eigenvalue weighted by Crippen LogP contribution is 2.26. The van der Waals surface area contributed by atoms with E-state index in [9.17, 15) is 4.79 Å². The summed E-state index contributed by atoms with van der Waals surface area (Å²) in [4.78, 5) is 21.2. The Kier molecular flexibility index (Phi) is 8.82. The molecule has 1 fully saturated rings. The summed E-state index contributed by atoms with van der Waals surface area (Å²) in [6.45, 7) is 5.31. The van der Waals surface area contributed by atoms with Crippen molar-refractivity contribution in [2.45, 2.75) is 26.6 Å². The number of aromatic nitrogens is 3. The zero-order chi connectivity index (χ0) is 24.9.